The van der Waals surface area contributed by atoms with Crippen molar-refractivity contribution < 1.29 is 4.79 Å². The standard InChI is InChI=1S/C17H26BrN5O/c1-12(2)21-16(24)10-20-17(19-3)22-13-8-9-23(11-13)15-7-5-4-6-14(15)18/h4-7,12-13H,8-11H2,1-3H3,(H,21,24)(H2,19,20,22). The molecule has 1 saturated heterocycles. The van der Waals surface area contributed by atoms with Crippen molar-refractivity contribution in [3.05, 3.63) is 28.7 Å². The lowest BCUT2D eigenvalue weighted by molar-refractivity contribution is -0.120. The van der Waals surface area contributed by atoms with Crippen molar-refractivity contribution in [2.45, 2.75) is 32.4 Å². The number of aliphatic imine (C=N–C) groups is 1. The Kier molecular flexibility index (Phi) is 6.90. The van der Waals surface area contributed by atoms with Gasteiger partial charge in [-0.25, -0.2) is 0 Å². The smallest absolute Gasteiger partial charge is 0.239 e. The Morgan fingerprint density at radius 3 is 2.83 bits per heavy atom. The van der Waals surface area contributed by atoms with Gasteiger partial charge in [-0.15, -0.1) is 0 Å². The first-order valence-corrected chi connectivity index (χ1v) is 9.05. The van der Waals surface area contributed by atoms with Crippen LogP contribution in [0.4, 0.5) is 5.69 Å². The molecule has 0 bridgehead atoms. The summed E-state index contributed by atoms with van der Waals surface area (Å²) in [7, 11) is 1.72. The number of halogens is 1. The van der Waals surface area contributed by atoms with Gasteiger partial charge >= 0.3 is 0 Å². The van der Waals surface area contributed by atoms with Crippen LogP contribution < -0.4 is 20.9 Å². The van der Waals surface area contributed by atoms with Gasteiger partial charge in [0.25, 0.3) is 0 Å². The number of anilines is 1. The van der Waals surface area contributed by atoms with Crippen molar-refractivity contribution in [3.63, 3.8) is 0 Å². The van der Waals surface area contributed by atoms with Crippen molar-refractivity contribution in [2.75, 3.05) is 31.6 Å². The minimum atomic E-state index is -0.0331. The van der Waals surface area contributed by atoms with Gasteiger partial charge in [0.1, 0.15) is 0 Å². The first-order chi connectivity index (χ1) is 11.5. The zero-order chi connectivity index (χ0) is 17.5. The molecule has 1 aromatic carbocycles. The number of amides is 1. The van der Waals surface area contributed by atoms with Crippen molar-refractivity contribution >= 4 is 33.5 Å². The fourth-order valence-electron chi connectivity index (χ4n) is 2.73. The molecule has 132 valence electrons. The summed E-state index contributed by atoms with van der Waals surface area (Å²) in [5.74, 6) is 0.627. The van der Waals surface area contributed by atoms with Crippen molar-refractivity contribution in [2.24, 2.45) is 4.99 Å². The van der Waals surface area contributed by atoms with Gasteiger partial charge in [0.2, 0.25) is 5.91 Å². The van der Waals surface area contributed by atoms with E-state index in [4.69, 9.17) is 0 Å². The summed E-state index contributed by atoms with van der Waals surface area (Å²) in [6, 6.07) is 8.69. The molecule has 1 aliphatic heterocycles. The maximum Gasteiger partial charge on any atom is 0.239 e. The Bertz CT molecular complexity index is 590. The third-order valence-corrected chi connectivity index (χ3v) is 4.48. The largest absolute Gasteiger partial charge is 0.368 e. The van der Waals surface area contributed by atoms with Crippen LogP contribution in [0.15, 0.2) is 33.7 Å². The molecule has 1 aliphatic rings. The first kappa shape index (κ1) is 18.6. The van der Waals surface area contributed by atoms with Crippen molar-refractivity contribution in [1.29, 1.82) is 0 Å². The molecule has 24 heavy (non-hydrogen) atoms. The SMILES string of the molecule is CN=C(NCC(=O)NC(C)C)NC1CCN(c2ccccc2Br)C1. The van der Waals surface area contributed by atoms with Gasteiger partial charge in [0, 0.05) is 36.7 Å². The topological polar surface area (TPSA) is 68.8 Å². The van der Waals surface area contributed by atoms with Crippen molar-refractivity contribution in [3.8, 4) is 0 Å². The number of para-hydroxylation sites is 1. The highest BCUT2D eigenvalue weighted by atomic mass is 79.9. The van der Waals surface area contributed by atoms with E-state index in [0.29, 0.717) is 12.0 Å². The summed E-state index contributed by atoms with van der Waals surface area (Å²) in [5, 5.41) is 9.31. The van der Waals surface area contributed by atoms with E-state index >= 15 is 0 Å². The summed E-state index contributed by atoms with van der Waals surface area (Å²) in [6.07, 6.45) is 1.03. The van der Waals surface area contributed by atoms with Crippen LogP contribution in [0.5, 0.6) is 0 Å². The summed E-state index contributed by atoms with van der Waals surface area (Å²) < 4.78 is 1.11. The zero-order valence-corrected chi connectivity index (χ0v) is 16.1. The monoisotopic (exact) mass is 395 g/mol. The fraction of sp³-hybridized carbons (Fsp3) is 0.529. The molecular weight excluding hydrogens is 370 g/mol. The lowest BCUT2D eigenvalue weighted by Crippen LogP contribution is -2.48. The number of carbonyl (C=O) groups excluding carboxylic acids is 1. The second-order valence-electron chi connectivity index (χ2n) is 6.18. The molecule has 7 heteroatoms. The quantitative estimate of drug-likeness (QED) is 0.524. The molecule has 2 rings (SSSR count). The summed E-state index contributed by atoms with van der Waals surface area (Å²) in [4.78, 5) is 18.3. The van der Waals surface area contributed by atoms with Crippen LogP contribution in [0.25, 0.3) is 0 Å². The third kappa shape index (κ3) is 5.40. The summed E-state index contributed by atoms with van der Waals surface area (Å²) >= 11 is 3.61. The molecule has 0 aromatic heterocycles. The minimum Gasteiger partial charge on any atom is -0.368 e. The Morgan fingerprint density at radius 1 is 1.42 bits per heavy atom. The molecule has 1 aromatic rings. The molecule has 0 radical (unpaired) electrons. The molecule has 3 N–H and O–H groups in total. The Labute approximate surface area is 152 Å². The lowest BCUT2D eigenvalue weighted by atomic mass is 10.3. The molecule has 1 heterocycles. The van der Waals surface area contributed by atoms with Gasteiger partial charge < -0.3 is 20.9 Å². The number of hydrogen-bond acceptors (Lipinski definition) is 3. The van der Waals surface area contributed by atoms with E-state index in [-0.39, 0.29) is 18.5 Å². The van der Waals surface area contributed by atoms with E-state index in [9.17, 15) is 4.79 Å². The number of benzene rings is 1. The molecule has 1 amide bonds. The van der Waals surface area contributed by atoms with E-state index in [2.05, 4.69) is 60.0 Å². The highest BCUT2D eigenvalue weighted by Gasteiger charge is 2.24. The molecular formula is C17H26BrN5O. The van der Waals surface area contributed by atoms with Gasteiger partial charge in [-0.1, -0.05) is 12.1 Å². The summed E-state index contributed by atoms with van der Waals surface area (Å²) in [6.45, 7) is 6.00. The van der Waals surface area contributed by atoms with Crippen LogP contribution in [-0.2, 0) is 4.79 Å². The van der Waals surface area contributed by atoms with Crippen molar-refractivity contribution in [1.82, 2.24) is 16.0 Å². The number of hydrogen-bond donors (Lipinski definition) is 3. The Morgan fingerprint density at radius 2 is 2.17 bits per heavy atom. The van der Waals surface area contributed by atoms with Crippen LogP contribution in [0.1, 0.15) is 20.3 Å². The number of nitrogens with zero attached hydrogens (tertiary/aromatic N) is 2. The minimum absolute atomic E-state index is 0.0331. The van der Waals surface area contributed by atoms with E-state index in [1.165, 1.54) is 5.69 Å². The third-order valence-electron chi connectivity index (χ3n) is 3.81. The summed E-state index contributed by atoms with van der Waals surface area (Å²) in [5.41, 5.74) is 1.21. The Balaban J connectivity index is 1.83. The van der Waals surface area contributed by atoms with E-state index < -0.39 is 0 Å². The van der Waals surface area contributed by atoms with E-state index in [0.717, 1.165) is 24.0 Å². The molecule has 0 saturated carbocycles. The molecule has 0 spiro atoms. The highest BCUT2D eigenvalue weighted by Crippen LogP contribution is 2.28. The number of carbonyl (C=O) groups is 1. The highest BCUT2D eigenvalue weighted by molar-refractivity contribution is 9.10. The predicted molar refractivity (Wildman–Crippen MR) is 103 cm³/mol. The Hall–Kier alpha value is -1.76. The average molecular weight is 396 g/mol. The van der Waals surface area contributed by atoms with Crippen LogP contribution in [-0.4, -0.2) is 50.6 Å². The second-order valence-corrected chi connectivity index (χ2v) is 7.03. The van der Waals surface area contributed by atoms with Gasteiger partial charge in [0.05, 0.1) is 12.2 Å². The fourth-order valence-corrected chi connectivity index (χ4v) is 3.27. The average Bonchev–Trinajstić information content (AvgIpc) is 2.99. The zero-order valence-electron chi connectivity index (χ0n) is 14.5. The lowest BCUT2D eigenvalue weighted by Gasteiger charge is -2.21. The van der Waals surface area contributed by atoms with Crippen LogP contribution in [0.2, 0.25) is 0 Å². The molecule has 1 fully saturated rings. The molecule has 1 unspecified atom stereocenters. The number of rotatable bonds is 5. The van der Waals surface area contributed by atoms with Crippen LogP contribution in [0, 0.1) is 0 Å². The normalized spacial score (nSPS) is 18.0. The van der Waals surface area contributed by atoms with Crippen LogP contribution >= 0.6 is 15.9 Å². The number of nitrogens with one attached hydrogen (secondary N) is 3. The van der Waals surface area contributed by atoms with E-state index in [1.807, 2.05) is 19.9 Å². The van der Waals surface area contributed by atoms with E-state index in [1.54, 1.807) is 7.05 Å². The van der Waals surface area contributed by atoms with Gasteiger partial charge in [0.15, 0.2) is 5.96 Å². The molecule has 6 nitrogen and oxygen atoms in total. The maximum atomic E-state index is 11.7. The first-order valence-electron chi connectivity index (χ1n) is 8.25. The van der Waals surface area contributed by atoms with Gasteiger partial charge in [-0.3, -0.25) is 9.79 Å². The second kappa shape index (κ2) is 8.92. The molecule has 1 atom stereocenters. The molecule has 0 aliphatic carbocycles. The van der Waals surface area contributed by atoms with Crippen LogP contribution in [0.3, 0.4) is 0 Å². The van der Waals surface area contributed by atoms with Gasteiger partial charge in [-0.05, 0) is 48.3 Å². The predicted octanol–water partition coefficient (Wildman–Crippen LogP) is 1.72. The number of guanidine groups is 1. The maximum absolute atomic E-state index is 11.7. The van der Waals surface area contributed by atoms with Gasteiger partial charge in [-0.2, -0.15) is 0 Å².